The Labute approximate surface area is 163 Å². The standard InChI is InChI=1S/C20H27N3OS2/c1-2-21-20(22-13-15-25-19-11-7-4-8-12-19)23-14-16-26(24)17-18-9-5-3-6-10-18/h3-12H,2,13-17H2,1H3,(H2,21,22,23). The van der Waals surface area contributed by atoms with Crippen molar-refractivity contribution in [3.63, 3.8) is 0 Å². The number of rotatable bonds is 10. The molecular weight excluding hydrogens is 362 g/mol. The summed E-state index contributed by atoms with van der Waals surface area (Å²) in [7, 11) is -0.890. The van der Waals surface area contributed by atoms with Crippen LogP contribution in [0.3, 0.4) is 0 Å². The van der Waals surface area contributed by atoms with Crippen LogP contribution in [0.2, 0.25) is 0 Å². The molecule has 0 radical (unpaired) electrons. The van der Waals surface area contributed by atoms with E-state index in [0.717, 1.165) is 30.4 Å². The fraction of sp³-hybridized carbons (Fsp3) is 0.350. The highest BCUT2D eigenvalue weighted by Crippen LogP contribution is 2.15. The van der Waals surface area contributed by atoms with Gasteiger partial charge in [0.15, 0.2) is 5.96 Å². The summed E-state index contributed by atoms with van der Waals surface area (Å²) in [5, 5.41) is 6.57. The van der Waals surface area contributed by atoms with Crippen LogP contribution in [0.1, 0.15) is 12.5 Å². The summed E-state index contributed by atoms with van der Waals surface area (Å²) in [6.07, 6.45) is 0. The van der Waals surface area contributed by atoms with Gasteiger partial charge in [-0.25, -0.2) is 0 Å². The van der Waals surface area contributed by atoms with Crippen molar-refractivity contribution in [1.29, 1.82) is 0 Å². The van der Waals surface area contributed by atoms with Gasteiger partial charge < -0.3 is 10.6 Å². The minimum absolute atomic E-state index is 0.556. The molecule has 0 heterocycles. The molecule has 140 valence electrons. The van der Waals surface area contributed by atoms with Gasteiger partial charge in [-0.3, -0.25) is 9.20 Å². The van der Waals surface area contributed by atoms with Crippen LogP contribution in [-0.2, 0) is 16.6 Å². The Kier molecular flexibility index (Phi) is 9.90. The van der Waals surface area contributed by atoms with Gasteiger partial charge in [0.05, 0.1) is 6.54 Å². The molecule has 6 heteroatoms. The van der Waals surface area contributed by atoms with Gasteiger partial charge in [-0.2, -0.15) is 0 Å². The third-order valence-corrected chi connectivity index (χ3v) is 5.82. The van der Waals surface area contributed by atoms with E-state index in [9.17, 15) is 4.21 Å². The van der Waals surface area contributed by atoms with Crippen molar-refractivity contribution in [3.8, 4) is 0 Å². The van der Waals surface area contributed by atoms with E-state index in [1.54, 1.807) is 0 Å². The van der Waals surface area contributed by atoms with E-state index in [-0.39, 0.29) is 0 Å². The zero-order valence-electron chi connectivity index (χ0n) is 15.2. The molecule has 2 aromatic carbocycles. The SMILES string of the molecule is CCNC(=NCCS(=O)Cc1ccccc1)NCCSc1ccccc1. The molecule has 0 fully saturated rings. The highest BCUT2D eigenvalue weighted by atomic mass is 32.2. The van der Waals surface area contributed by atoms with Crippen molar-refractivity contribution < 1.29 is 4.21 Å². The van der Waals surface area contributed by atoms with Crippen LogP contribution in [0.5, 0.6) is 0 Å². The fourth-order valence-electron chi connectivity index (χ4n) is 2.29. The van der Waals surface area contributed by atoms with Crippen molar-refractivity contribution in [3.05, 3.63) is 66.2 Å². The van der Waals surface area contributed by atoms with Gasteiger partial charge in [0.25, 0.3) is 0 Å². The van der Waals surface area contributed by atoms with Gasteiger partial charge in [0, 0.05) is 46.0 Å². The predicted octanol–water partition coefficient (Wildman–Crippen LogP) is 3.28. The zero-order chi connectivity index (χ0) is 18.5. The van der Waals surface area contributed by atoms with E-state index < -0.39 is 10.8 Å². The van der Waals surface area contributed by atoms with Crippen LogP contribution in [0.4, 0.5) is 0 Å². The number of guanidine groups is 1. The van der Waals surface area contributed by atoms with Crippen LogP contribution in [0.15, 0.2) is 70.6 Å². The van der Waals surface area contributed by atoms with Crippen molar-refractivity contribution >= 4 is 28.5 Å². The van der Waals surface area contributed by atoms with Gasteiger partial charge in [0.1, 0.15) is 0 Å². The monoisotopic (exact) mass is 389 g/mol. The molecule has 0 aliphatic rings. The average molecular weight is 390 g/mol. The van der Waals surface area contributed by atoms with Crippen molar-refractivity contribution in [1.82, 2.24) is 10.6 Å². The second kappa shape index (κ2) is 12.5. The number of aliphatic imine (C=N–C) groups is 1. The summed E-state index contributed by atoms with van der Waals surface area (Å²) >= 11 is 1.82. The first-order valence-electron chi connectivity index (χ1n) is 8.87. The quantitative estimate of drug-likeness (QED) is 0.283. The van der Waals surface area contributed by atoms with Crippen LogP contribution in [0, 0.1) is 0 Å². The normalized spacial score (nSPS) is 12.6. The molecule has 0 saturated carbocycles. The first kappa shape index (κ1) is 20.5. The summed E-state index contributed by atoms with van der Waals surface area (Å²) in [5.41, 5.74) is 1.11. The molecule has 0 amide bonds. The Morgan fingerprint density at radius 2 is 1.73 bits per heavy atom. The summed E-state index contributed by atoms with van der Waals surface area (Å²) in [6.45, 7) is 4.24. The number of thioether (sulfide) groups is 1. The van der Waals surface area contributed by atoms with E-state index in [4.69, 9.17) is 0 Å². The molecule has 2 aromatic rings. The second-order valence-corrected chi connectivity index (χ2v) is 8.37. The maximum absolute atomic E-state index is 12.2. The maximum Gasteiger partial charge on any atom is 0.191 e. The second-order valence-electron chi connectivity index (χ2n) is 5.62. The van der Waals surface area contributed by atoms with Crippen LogP contribution in [0.25, 0.3) is 0 Å². The van der Waals surface area contributed by atoms with E-state index in [1.165, 1.54) is 4.90 Å². The van der Waals surface area contributed by atoms with Gasteiger partial charge in [-0.1, -0.05) is 48.5 Å². The lowest BCUT2D eigenvalue weighted by atomic mass is 10.2. The minimum Gasteiger partial charge on any atom is -0.357 e. The molecule has 0 saturated heterocycles. The summed E-state index contributed by atoms with van der Waals surface area (Å²) in [5.74, 6) is 2.92. The Bertz CT molecular complexity index is 678. The molecule has 4 nitrogen and oxygen atoms in total. The van der Waals surface area contributed by atoms with Crippen LogP contribution >= 0.6 is 11.8 Å². The maximum atomic E-state index is 12.2. The number of nitrogens with zero attached hydrogens (tertiary/aromatic N) is 1. The average Bonchev–Trinajstić information content (AvgIpc) is 2.67. The highest BCUT2D eigenvalue weighted by Gasteiger charge is 2.02. The lowest BCUT2D eigenvalue weighted by Gasteiger charge is -2.11. The minimum atomic E-state index is -0.890. The number of benzene rings is 2. The molecule has 26 heavy (non-hydrogen) atoms. The first-order valence-corrected chi connectivity index (χ1v) is 11.3. The molecule has 0 aliphatic carbocycles. The van der Waals surface area contributed by atoms with Gasteiger partial charge in [0.2, 0.25) is 0 Å². The third kappa shape index (κ3) is 8.54. The molecule has 1 unspecified atom stereocenters. The Morgan fingerprint density at radius 1 is 1.04 bits per heavy atom. The van der Waals surface area contributed by atoms with Gasteiger partial charge in [-0.05, 0) is 24.6 Å². The van der Waals surface area contributed by atoms with Crippen molar-refractivity contribution in [2.45, 2.75) is 17.6 Å². The van der Waals surface area contributed by atoms with Crippen molar-refractivity contribution in [2.24, 2.45) is 4.99 Å². The lowest BCUT2D eigenvalue weighted by molar-refractivity contribution is 0.682. The molecule has 1 atom stereocenters. The zero-order valence-corrected chi connectivity index (χ0v) is 16.8. The third-order valence-electron chi connectivity index (χ3n) is 3.51. The molecule has 0 aromatic heterocycles. The molecule has 0 spiro atoms. The smallest absolute Gasteiger partial charge is 0.191 e. The molecule has 0 aliphatic heterocycles. The molecule has 2 rings (SSSR count). The summed E-state index contributed by atoms with van der Waals surface area (Å²) in [6, 6.07) is 20.3. The number of nitrogens with one attached hydrogen (secondary N) is 2. The van der Waals surface area contributed by atoms with Crippen LogP contribution in [-0.4, -0.2) is 41.3 Å². The van der Waals surface area contributed by atoms with E-state index in [1.807, 2.05) is 55.1 Å². The molecule has 2 N–H and O–H groups in total. The van der Waals surface area contributed by atoms with Crippen LogP contribution < -0.4 is 10.6 Å². The van der Waals surface area contributed by atoms with E-state index >= 15 is 0 Å². The fourth-order valence-corrected chi connectivity index (χ4v) is 4.08. The first-order chi connectivity index (χ1) is 12.8. The van der Waals surface area contributed by atoms with Crippen molar-refractivity contribution in [2.75, 3.05) is 31.1 Å². The Morgan fingerprint density at radius 3 is 2.42 bits per heavy atom. The highest BCUT2D eigenvalue weighted by molar-refractivity contribution is 7.99. The number of hydrogen-bond acceptors (Lipinski definition) is 3. The van der Waals surface area contributed by atoms with E-state index in [0.29, 0.717) is 18.1 Å². The van der Waals surface area contributed by atoms with E-state index in [2.05, 4.69) is 39.9 Å². The summed E-state index contributed by atoms with van der Waals surface area (Å²) < 4.78 is 12.2. The summed E-state index contributed by atoms with van der Waals surface area (Å²) in [4.78, 5) is 5.80. The number of hydrogen-bond donors (Lipinski definition) is 2. The predicted molar refractivity (Wildman–Crippen MR) is 114 cm³/mol. The Hall–Kier alpha value is -1.79. The largest absolute Gasteiger partial charge is 0.357 e. The lowest BCUT2D eigenvalue weighted by Crippen LogP contribution is -2.38. The van der Waals surface area contributed by atoms with Gasteiger partial charge >= 0.3 is 0 Å². The Balaban J connectivity index is 1.69. The molecular formula is C20H27N3OS2. The van der Waals surface area contributed by atoms with Gasteiger partial charge in [-0.15, -0.1) is 11.8 Å². The topological polar surface area (TPSA) is 53.5 Å². The molecule has 0 bridgehead atoms.